The Kier molecular flexibility index (Phi) is 6.74. The molecule has 5 rings (SSSR count). The number of rotatable bonds is 6. The third-order valence-corrected chi connectivity index (χ3v) is 7.52. The molecule has 2 aliphatic rings. The lowest BCUT2D eigenvalue weighted by Gasteiger charge is -2.27. The van der Waals surface area contributed by atoms with Gasteiger partial charge in [-0.15, -0.1) is 10.2 Å². The largest absolute Gasteiger partial charge is 0.378 e. The molecule has 7 heteroatoms. The molecule has 32 heavy (non-hydrogen) atoms. The molecule has 1 saturated carbocycles. The molecule has 2 fully saturated rings. The minimum Gasteiger partial charge on any atom is -0.378 e. The van der Waals surface area contributed by atoms with E-state index in [4.69, 9.17) is 4.74 Å². The van der Waals surface area contributed by atoms with Crippen molar-refractivity contribution in [2.24, 2.45) is 0 Å². The second-order valence-electron chi connectivity index (χ2n) is 8.66. The molecule has 1 aromatic heterocycles. The molecule has 1 aliphatic heterocycles. The number of morpholine rings is 1. The second-order valence-corrected chi connectivity index (χ2v) is 9.60. The minimum absolute atomic E-state index is 0.159. The molecule has 3 aromatic rings. The molecule has 6 nitrogen and oxygen atoms in total. The van der Waals surface area contributed by atoms with Gasteiger partial charge in [0.1, 0.15) is 5.82 Å². The van der Waals surface area contributed by atoms with Crippen molar-refractivity contribution in [1.29, 1.82) is 0 Å². The molecule has 0 bridgehead atoms. The van der Waals surface area contributed by atoms with E-state index in [-0.39, 0.29) is 5.91 Å². The van der Waals surface area contributed by atoms with Crippen LogP contribution >= 0.6 is 11.8 Å². The molecule has 2 aromatic carbocycles. The van der Waals surface area contributed by atoms with Gasteiger partial charge in [0.15, 0.2) is 5.16 Å². The quantitative estimate of drug-likeness (QED) is 0.518. The number of carbonyl (C=O) groups is 1. The van der Waals surface area contributed by atoms with E-state index in [1.54, 1.807) is 0 Å². The molecule has 0 radical (unpaired) electrons. The molecule has 2 heterocycles. The maximum atomic E-state index is 12.7. The Morgan fingerprint density at radius 1 is 1.00 bits per heavy atom. The van der Waals surface area contributed by atoms with E-state index in [0.717, 1.165) is 30.2 Å². The lowest BCUT2D eigenvalue weighted by atomic mass is 9.95. The Labute approximate surface area is 193 Å². The SMILES string of the molecule is O=C(CSc1nnc(Cc2cccc3ccccc23)n1C1CCCCC1)N1CCOCC1. The highest BCUT2D eigenvalue weighted by Crippen LogP contribution is 2.34. The zero-order chi connectivity index (χ0) is 21.8. The molecular weight excluding hydrogens is 420 g/mol. The Bertz CT molecular complexity index is 1070. The molecule has 1 saturated heterocycles. The summed E-state index contributed by atoms with van der Waals surface area (Å²) < 4.78 is 7.72. The normalized spacial score (nSPS) is 17.7. The summed E-state index contributed by atoms with van der Waals surface area (Å²) in [7, 11) is 0. The van der Waals surface area contributed by atoms with Crippen LogP contribution in [0.25, 0.3) is 10.8 Å². The smallest absolute Gasteiger partial charge is 0.233 e. The third kappa shape index (κ3) is 4.69. The second kappa shape index (κ2) is 10.0. The van der Waals surface area contributed by atoms with Crippen molar-refractivity contribution in [3.8, 4) is 0 Å². The number of benzene rings is 2. The van der Waals surface area contributed by atoms with Crippen LogP contribution < -0.4 is 0 Å². The lowest BCUT2D eigenvalue weighted by Crippen LogP contribution is -2.41. The highest BCUT2D eigenvalue weighted by Gasteiger charge is 2.25. The molecule has 0 unspecified atom stereocenters. The topological polar surface area (TPSA) is 60.2 Å². The number of ether oxygens (including phenoxy) is 1. The standard InChI is InChI=1S/C25H30N4O2S/c30-24(28-13-15-31-16-14-28)18-32-25-27-26-23(29(25)21-10-2-1-3-11-21)17-20-9-6-8-19-7-4-5-12-22(19)20/h4-9,12,21H,1-3,10-11,13-18H2. The number of amides is 1. The zero-order valence-electron chi connectivity index (χ0n) is 18.4. The Balaban J connectivity index is 1.39. The summed E-state index contributed by atoms with van der Waals surface area (Å²) in [5, 5.41) is 12.6. The molecule has 168 valence electrons. The van der Waals surface area contributed by atoms with E-state index in [9.17, 15) is 4.79 Å². The summed E-state index contributed by atoms with van der Waals surface area (Å²) in [6, 6.07) is 15.4. The monoisotopic (exact) mass is 450 g/mol. The van der Waals surface area contributed by atoms with Crippen LogP contribution in [0.15, 0.2) is 47.6 Å². The van der Waals surface area contributed by atoms with E-state index in [0.29, 0.717) is 38.1 Å². The number of hydrogen-bond donors (Lipinski definition) is 0. The van der Waals surface area contributed by atoms with Crippen molar-refractivity contribution in [3.05, 3.63) is 53.9 Å². The first-order chi connectivity index (χ1) is 15.8. The predicted octanol–water partition coefficient (Wildman–Crippen LogP) is 4.48. The van der Waals surface area contributed by atoms with Gasteiger partial charge in [-0.25, -0.2) is 0 Å². The zero-order valence-corrected chi connectivity index (χ0v) is 19.2. The van der Waals surface area contributed by atoms with Gasteiger partial charge in [-0.05, 0) is 29.2 Å². The van der Waals surface area contributed by atoms with Crippen molar-refractivity contribution >= 4 is 28.4 Å². The van der Waals surface area contributed by atoms with Gasteiger partial charge in [-0.2, -0.15) is 0 Å². The highest BCUT2D eigenvalue weighted by molar-refractivity contribution is 7.99. The molecule has 0 spiro atoms. The summed E-state index contributed by atoms with van der Waals surface area (Å²) >= 11 is 1.53. The van der Waals surface area contributed by atoms with E-state index in [2.05, 4.69) is 57.2 Å². The van der Waals surface area contributed by atoms with E-state index in [1.807, 2.05) is 4.90 Å². The van der Waals surface area contributed by atoms with Gasteiger partial charge in [-0.1, -0.05) is 73.5 Å². The molecule has 1 amide bonds. The van der Waals surface area contributed by atoms with Crippen LogP contribution in [-0.4, -0.2) is 57.6 Å². The van der Waals surface area contributed by atoms with Gasteiger partial charge in [-0.3, -0.25) is 4.79 Å². The van der Waals surface area contributed by atoms with Crippen LogP contribution in [0.4, 0.5) is 0 Å². The van der Waals surface area contributed by atoms with Gasteiger partial charge in [0, 0.05) is 25.6 Å². The summed E-state index contributed by atoms with van der Waals surface area (Å²) in [5.41, 5.74) is 1.27. The van der Waals surface area contributed by atoms with Crippen LogP contribution in [0.2, 0.25) is 0 Å². The maximum Gasteiger partial charge on any atom is 0.233 e. The number of thioether (sulfide) groups is 1. The number of fused-ring (bicyclic) bond motifs is 1. The maximum absolute atomic E-state index is 12.7. The molecule has 1 aliphatic carbocycles. The van der Waals surface area contributed by atoms with Crippen LogP contribution in [0.3, 0.4) is 0 Å². The summed E-state index contributed by atoms with van der Waals surface area (Å²) in [6.07, 6.45) is 6.86. The van der Waals surface area contributed by atoms with Crippen molar-refractivity contribution < 1.29 is 9.53 Å². The van der Waals surface area contributed by atoms with E-state index < -0.39 is 0 Å². The van der Waals surface area contributed by atoms with E-state index >= 15 is 0 Å². The number of carbonyl (C=O) groups excluding carboxylic acids is 1. The first-order valence-electron chi connectivity index (χ1n) is 11.7. The summed E-state index contributed by atoms with van der Waals surface area (Å²) in [5.74, 6) is 1.57. The summed E-state index contributed by atoms with van der Waals surface area (Å²) in [6.45, 7) is 2.62. The van der Waals surface area contributed by atoms with Crippen LogP contribution in [0, 0.1) is 0 Å². The Morgan fingerprint density at radius 3 is 2.62 bits per heavy atom. The average Bonchev–Trinajstić information content (AvgIpc) is 3.26. The Morgan fingerprint density at radius 2 is 1.78 bits per heavy atom. The number of nitrogens with zero attached hydrogens (tertiary/aromatic N) is 4. The van der Waals surface area contributed by atoms with Crippen molar-refractivity contribution in [2.45, 2.75) is 49.7 Å². The van der Waals surface area contributed by atoms with Crippen molar-refractivity contribution in [1.82, 2.24) is 19.7 Å². The van der Waals surface area contributed by atoms with Gasteiger partial charge < -0.3 is 14.2 Å². The van der Waals surface area contributed by atoms with Crippen molar-refractivity contribution in [2.75, 3.05) is 32.1 Å². The molecular formula is C25H30N4O2S. The first-order valence-corrected chi connectivity index (χ1v) is 12.7. The number of aromatic nitrogens is 3. The fraction of sp³-hybridized carbons (Fsp3) is 0.480. The molecule has 0 N–H and O–H groups in total. The van der Waals surface area contributed by atoms with Gasteiger partial charge in [0.05, 0.1) is 19.0 Å². The fourth-order valence-electron chi connectivity index (χ4n) is 4.88. The van der Waals surface area contributed by atoms with Gasteiger partial charge >= 0.3 is 0 Å². The summed E-state index contributed by atoms with van der Waals surface area (Å²) in [4.78, 5) is 14.6. The average molecular weight is 451 g/mol. The number of hydrogen-bond acceptors (Lipinski definition) is 5. The van der Waals surface area contributed by atoms with Gasteiger partial charge in [0.25, 0.3) is 0 Å². The predicted molar refractivity (Wildman–Crippen MR) is 127 cm³/mol. The Hall–Kier alpha value is -2.38. The van der Waals surface area contributed by atoms with E-state index in [1.165, 1.54) is 47.4 Å². The highest BCUT2D eigenvalue weighted by atomic mass is 32.2. The van der Waals surface area contributed by atoms with Crippen LogP contribution in [-0.2, 0) is 16.0 Å². The van der Waals surface area contributed by atoms with Gasteiger partial charge in [0.2, 0.25) is 5.91 Å². The fourth-order valence-corrected chi connectivity index (χ4v) is 5.81. The van der Waals surface area contributed by atoms with Crippen LogP contribution in [0.1, 0.15) is 49.5 Å². The third-order valence-electron chi connectivity index (χ3n) is 6.59. The first kappa shape index (κ1) is 21.5. The van der Waals surface area contributed by atoms with Crippen LogP contribution in [0.5, 0.6) is 0 Å². The van der Waals surface area contributed by atoms with Crippen molar-refractivity contribution in [3.63, 3.8) is 0 Å². The lowest BCUT2D eigenvalue weighted by molar-refractivity contribution is -0.132. The minimum atomic E-state index is 0.159. The molecule has 0 atom stereocenters.